The Morgan fingerprint density at radius 2 is 1.55 bits per heavy atom. The van der Waals surface area contributed by atoms with Crippen LogP contribution in [-0.4, -0.2) is 36.3 Å². The fourth-order valence-electron chi connectivity index (χ4n) is 2.31. The molecule has 0 aliphatic rings. The highest BCUT2D eigenvalue weighted by molar-refractivity contribution is 5.79. The molecule has 20 heavy (non-hydrogen) atoms. The van der Waals surface area contributed by atoms with E-state index in [9.17, 15) is 9.59 Å². The summed E-state index contributed by atoms with van der Waals surface area (Å²) in [5.41, 5.74) is 11.6. The zero-order valence-corrected chi connectivity index (χ0v) is 12.1. The molecule has 1 unspecified atom stereocenters. The number of primary amides is 2. The second-order valence-electron chi connectivity index (χ2n) is 5.36. The molecule has 1 aromatic carbocycles. The number of carbonyl (C=O) groups is 2. The molecule has 4 N–H and O–H groups in total. The molecule has 0 aliphatic carbocycles. The summed E-state index contributed by atoms with van der Waals surface area (Å²) in [4.78, 5) is 23.9. The van der Waals surface area contributed by atoms with E-state index in [0.29, 0.717) is 12.5 Å². The third-order valence-corrected chi connectivity index (χ3v) is 3.25. The van der Waals surface area contributed by atoms with Crippen molar-refractivity contribution in [2.24, 2.45) is 17.4 Å². The van der Waals surface area contributed by atoms with Crippen molar-refractivity contribution in [3.63, 3.8) is 0 Å². The van der Waals surface area contributed by atoms with Crippen molar-refractivity contribution in [1.82, 2.24) is 4.90 Å². The van der Waals surface area contributed by atoms with Gasteiger partial charge in [-0.2, -0.15) is 0 Å². The minimum Gasteiger partial charge on any atom is -0.369 e. The van der Waals surface area contributed by atoms with Crippen molar-refractivity contribution >= 4 is 11.8 Å². The van der Waals surface area contributed by atoms with Crippen molar-refractivity contribution < 1.29 is 9.59 Å². The number of amides is 2. The zero-order chi connectivity index (χ0) is 15.1. The molecule has 0 aliphatic heterocycles. The molecule has 0 radical (unpaired) electrons. The highest BCUT2D eigenvalue weighted by Crippen LogP contribution is 2.25. The van der Waals surface area contributed by atoms with Gasteiger partial charge in [0.25, 0.3) is 0 Å². The SMILES string of the molecule is CC(C)C(CN(CC(N)=O)CC(N)=O)c1ccccc1. The minimum atomic E-state index is -0.457. The van der Waals surface area contributed by atoms with Gasteiger partial charge in [0.05, 0.1) is 13.1 Å². The summed E-state index contributed by atoms with van der Waals surface area (Å²) in [7, 11) is 0. The molecule has 0 bridgehead atoms. The number of rotatable bonds is 8. The maximum absolute atomic E-state index is 11.1. The van der Waals surface area contributed by atoms with E-state index < -0.39 is 11.8 Å². The Morgan fingerprint density at radius 1 is 1.05 bits per heavy atom. The number of benzene rings is 1. The number of carbonyl (C=O) groups excluding carboxylic acids is 2. The van der Waals surface area contributed by atoms with Crippen LogP contribution in [-0.2, 0) is 9.59 Å². The molecule has 5 heteroatoms. The van der Waals surface area contributed by atoms with E-state index in [-0.39, 0.29) is 19.0 Å². The van der Waals surface area contributed by atoms with Crippen LogP contribution in [0.5, 0.6) is 0 Å². The van der Waals surface area contributed by atoms with Gasteiger partial charge >= 0.3 is 0 Å². The molecule has 110 valence electrons. The van der Waals surface area contributed by atoms with Crippen LogP contribution in [0.1, 0.15) is 25.3 Å². The van der Waals surface area contributed by atoms with Gasteiger partial charge in [0, 0.05) is 6.54 Å². The van der Waals surface area contributed by atoms with Crippen LogP contribution in [0, 0.1) is 5.92 Å². The van der Waals surface area contributed by atoms with Crippen molar-refractivity contribution in [2.45, 2.75) is 19.8 Å². The fourth-order valence-corrected chi connectivity index (χ4v) is 2.31. The highest BCUT2D eigenvalue weighted by atomic mass is 16.2. The number of hydrogen-bond acceptors (Lipinski definition) is 3. The van der Waals surface area contributed by atoms with Gasteiger partial charge in [-0.3, -0.25) is 14.5 Å². The Balaban J connectivity index is 2.85. The maximum atomic E-state index is 11.1. The van der Waals surface area contributed by atoms with Crippen LogP contribution in [0.3, 0.4) is 0 Å². The van der Waals surface area contributed by atoms with E-state index in [1.165, 1.54) is 5.56 Å². The lowest BCUT2D eigenvalue weighted by atomic mass is 9.88. The lowest BCUT2D eigenvalue weighted by Crippen LogP contribution is -2.42. The second kappa shape index (κ2) is 7.65. The lowest BCUT2D eigenvalue weighted by Gasteiger charge is -2.28. The van der Waals surface area contributed by atoms with E-state index in [1.54, 1.807) is 4.90 Å². The van der Waals surface area contributed by atoms with Gasteiger partial charge in [-0.25, -0.2) is 0 Å². The van der Waals surface area contributed by atoms with Gasteiger partial charge < -0.3 is 11.5 Å². The highest BCUT2D eigenvalue weighted by Gasteiger charge is 2.21. The van der Waals surface area contributed by atoms with Gasteiger partial charge in [-0.05, 0) is 17.4 Å². The zero-order valence-electron chi connectivity index (χ0n) is 12.1. The third kappa shape index (κ3) is 5.40. The average molecular weight is 277 g/mol. The second-order valence-corrected chi connectivity index (χ2v) is 5.36. The van der Waals surface area contributed by atoms with Crippen LogP contribution in [0.4, 0.5) is 0 Å². The molecule has 0 fully saturated rings. The molecule has 0 heterocycles. The molecule has 1 atom stereocenters. The quantitative estimate of drug-likeness (QED) is 0.733. The smallest absolute Gasteiger partial charge is 0.231 e. The Morgan fingerprint density at radius 3 is 1.95 bits per heavy atom. The first-order chi connectivity index (χ1) is 9.40. The standard InChI is InChI=1S/C15H23N3O2/c1-11(2)13(12-6-4-3-5-7-12)8-18(9-14(16)19)10-15(17)20/h3-7,11,13H,8-10H2,1-2H3,(H2,16,19)(H2,17,20). The number of nitrogens with two attached hydrogens (primary N) is 2. The molecule has 1 aromatic rings. The largest absolute Gasteiger partial charge is 0.369 e. The monoisotopic (exact) mass is 277 g/mol. The van der Waals surface area contributed by atoms with Gasteiger partial charge in [-0.15, -0.1) is 0 Å². The number of nitrogens with zero attached hydrogens (tertiary/aromatic N) is 1. The van der Waals surface area contributed by atoms with E-state index in [1.807, 2.05) is 18.2 Å². The Bertz CT molecular complexity index is 430. The van der Waals surface area contributed by atoms with E-state index in [0.717, 1.165) is 0 Å². The summed E-state index contributed by atoms with van der Waals surface area (Å²) in [6.45, 7) is 4.89. The summed E-state index contributed by atoms with van der Waals surface area (Å²) >= 11 is 0. The fraction of sp³-hybridized carbons (Fsp3) is 0.467. The summed E-state index contributed by atoms with van der Waals surface area (Å²) in [5, 5.41) is 0. The Labute approximate surface area is 119 Å². The molecule has 1 rings (SSSR count). The first-order valence-electron chi connectivity index (χ1n) is 6.74. The van der Waals surface area contributed by atoms with Gasteiger partial charge in [0.15, 0.2) is 0 Å². The topological polar surface area (TPSA) is 89.4 Å². The van der Waals surface area contributed by atoms with Crippen LogP contribution in [0.25, 0.3) is 0 Å². The van der Waals surface area contributed by atoms with Crippen LogP contribution >= 0.6 is 0 Å². The normalized spacial score (nSPS) is 12.6. The molecule has 0 saturated heterocycles. The van der Waals surface area contributed by atoms with Gasteiger partial charge in [0.1, 0.15) is 0 Å². The Kier molecular flexibility index (Phi) is 6.18. The summed E-state index contributed by atoms with van der Waals surface area (Å²) in [6.07, 6.45) is 0. The molecule has 0 aromatic heterocycles. The molecule has 0 spiro atoms. The van der Waals surface area contributed by atoms with E-state index >= 15 is 0 Å². The maximum Gasteiger partial charge on any atom is 0.231 e. The third-order valence-electron chi connectivity index (χ3n) is 3.25. The molecule has 2 amide bonds. The van der Waals surface area contributed by atoms with Gasteiger partial charge in [-0.1, -0.05) is 44.2 Å². The molecular weight excluding hydrogens is 254 g/mol. The van der Waals surface area contributed by atoms with Crippen LogP contribution in [0.2, 0.25) is 0 Å². The number of hydrogen-bond donors (Lipinski definition) is 2. The first-order valence-corrected chi connectivity index (χ1v) is 6.74. The minimum absolute atomic E-state index is 0.0407. The van der Waals surface area contributed by atoms with Crippen LogP contribution in [0.15, 0.2) is 30.3 Å². The Hall–Kier alpha value is -1.88. The summed E-state index contributed by atoms with van der Waals surface area (Å²) in [5.74, 6) is -0.320. The molecule has 5 nitrogen and oxygen atoms in total. The van der Waals surface area contributed by atoms with Crippen molar-refractivity contribution in [1.29, 1.82) is 0 Å². The van der Waals surface area contributed by atoms with Crippen LogP contribution < -0.4 is 11.5 Å². The van der Waals surface area contributed by atoms with Crippen molar-refractivity contribution in [2.75, 3.05) is 19.6 Å². The van der Waals surface area contributed by atoms with Crippen molar-refractivity contribution in [3.8, 4) is 0 Å². The van der Waals surface area contributed by atoms with Crippen molar-refractivity contribution in [3.05, 3.63) is 35.9 Å². The van der Waals surface area contributed by atoms with E-state index in [4.69, 9.17) is 11.5 Å². The predicted molar refractivity (Wildman–Crippen MR) is 78.8 cm³/mol. The average Bonchev–Trinajstić information content (AvgIpc) is 2.35. The molecule has 0 saturated carbocycles. The lowest BCUT2D eigenvalue weighted by molar-refractivity contribution is -0.122. The predicted octanol–water partition coefficient (Wildman–Crippen LogP) is 0.699. The summed E-state index contributed by atoms with van der Waals surface area (Å²) < 4.78 is 0. The molecular formula is C15H23N3O2. The van der Waals surface area contributed by atoms with Gasteiger partial charge in [0.2, 0.25) is 11.8 Å². The first kappa shape index (κ1) is 16.2. The summed E-state index contributed by atoms with van der Waals surface area (Å²) in [6, 6.07) is 10.0. The van der Waals surface area contributed by atoms with E-state index in [2.05, 4.69) is 26.0 Å².